The molecule has 0 bridgehead atoms. The summed E-state index contributed by atoms with van der Waals surface area (Å²) in [7, 11) is 1.07. The molecule has 2 rings (SSSR count). The normalized spacial score (nSPS) is 11.2. The molecule has 0 atom stereocenters. The highest BCUT2D eigenvalue weighted by atomic mass is 19.2. The van der Waals surface area contributed by atoms with Crippen LogP contribution in [-0.4, -0.2) is 24.3 Å². The van der Waals surface area contributed by atoms with Crippen molar-refractivity contribution in [3.8, 4) is 5.75 Å². The van der Waals surface area contributed by atoms with E-state index in [0.717, 1.165) is 24.1 Å². The van der Waals surface area contributed by atoms with Crippen LogP contribution in [0.5, 0.6) is 5.75 Å². The van der Waals surface area contributed by atoms with Crippen LogP contribution in [0.15, 0.2) is 23.4 Å². The largest absolute Gasteiger partial charge is 0.491 e. The molecule has 2 aromatic rings. The maximum Gasteiger partial charge on any atom is 0.343 e. The van der Waals surface area contributed by atoms with Gasteiger partial charge in [-0.05, 0) is 13.0 Å². The molecular weight excluding hydrogens is 315 g/mol. The number of nitrogens with zero attached hydrogens (tertiary/aromatic N) is 1. The Morgan fingerprint density at radius 1 is 1.39 bits per heavy atom. The number of aromatic nitrogens is 1. The Morgan fingerprint density at radius 2 is 2.09 bits per heavy atom. The van der Waals surface area contributed by atoms with E-state index in [1.165, 1.54) is 6.92 Å². The molecule has 122 valence electrons. The van der Waals surface area contributed by atoms with E-state index in [0.29, 0.717) is 6.07 Å². The van der Waals surface area contributed by atoms with Crippen molar-refractivity contribution >= 4 is 23.1 Å². The average molecular weight is 327 g/mol. The number of halogens is 3. The molecule has 23 heavy (non-hydrogen) atoms. The first-order valence-electron chi connectivity index (χ1n) is 6.51. The van der Waals surface area contributed by atoms with Gasteiger partial charge in [0, 0.05) is 12.4 Å². The highest BCUT2D eigenvalue weighted by Crippen LogP contribution is 2.30. The molecule has 0 amide bonds. The molecule has 0 aliphatic carbocycles. The summed E-state index contributed by atoms with van der Waals surface area (Å²) in [5, 5.41) is -0.343. The van der Waals surface area contributed by atoms with Crippen molar-refractivity contribution in [2.24, 2.45) is 0 Å². The van der Waals surface area contributed by atoms with Crippen LogP contribution in [0, 0.1) is 11.6 Å². The fourth-order valence-corrected chi connectivity index (χ4v) is 2.15. The highest BCUT2D eigenvalue weighted by molar-refractivity contribution is 5.96. The van der Waals surface area contributed by atoms with E-state index in [-0.39, 0.29) is 23.8 Å². The van der Waals surface area contributed by atoms with Crippen molar-refractivity contribution in [1.82, 2.24) is 4.57 Å². The summed E-state index contributed by atoms with van der Waals surface area (Å²) in [5.41, 5.74) is -1.52. The van der Waals surface area contributed by atoms with E-state index in [1.807, 2.05) is 0 Å². The van der Waals surface area contributed by atoms with Crippen LogP contribution in [0.3, 0.4) is 0 Å². The average Bonchev–Trinajstić information content (AvgIpc) is 2.52. The number of hydrogen-bond donors (Lipinski definition) is 0. The van der Waals surface area contributed by atoms with Crippen molar-refractivity contribution in [2.45, 2.75) is 6.92 Å². The maximum absolute atomic E-state index is 13.8. The number of fused-ring (bicyclic) bond motifs is 1. The molecule has 1 aromatic heterocycles. The van der Waals surface area contributed by atoms with Crippen molar-refractivity contribution in [2.75, 3.05) is 13.7 Å². The molecule has 1 aromatic carbocycles. The summed E-state index contributed by atoms with van der Waals surface area (Å²) in [6, 6.07) is 0.626. The molecule has 0 N–H and O–H groups in total. The topological polar surface area (TPSA) is 57.5 Å². The van der Waals surface area contributed by atoms with Gasteiger partial charge in [-0.3, -0.25) is 4.79 Å². The molecule has 0 aliphatic rings. The smallest absolute Gasteiger partial charge is 0.343 e. The molecule has 1 heterocycles. The Balaban J connectivity index is 2.98. The maximum atomic E-state index is 13.8. The monoisotopic (exact) mass is 327 g/mol. The molecule has 0 fully saturated rings. The number of rotatable bonds is 4. The molecule has 5 nitrogen and oxygen atoms in total. The lowest BCUT2D eigenvalue weighted by molar-refractivity contribution is 0.0524. The minimum absolute atomic E-state index is 0.0103. The van der Waals surface area contributed by atoms with Gasteiger partial charge in [-0.1, -0.05) is 0 Å². The summed E-state index contributed by atoms with van der Waals surface area (Å²) in [6.07, 6.45) is 1.91. The molecule has 0 radical (unpaired) electrons. The van der Waals surface area contributed by atoms with E-state index >= 15 is 0 Å². The van der Waals surface area contributed by atoms with Gasteiger partial charge in [-0.25, -0.2) is 13.6 Å². The number of carbonyl (C=O) groups excluding carboxylic acids is 1. The van der Waals surface area contributed by atoms with Gasteiger partial charge in [-0.2, -0.15) is 4.39 Å². The van der Waals surface area contributed by atoms with Crippen LogP contribution < -0.4 is 10.2 Å². The number of carbonyl (C=O) groups is 1. The van der Waals surface area contributed by atoms with Gasteiger partial charge in [0.2, 0.25) is 11.2 Å². The number of hydrogen-bond acceptors (Lipinski definition) is 4. The minimum Gasteiger partial charge on any atom is -0.491 e. The lowest BCUT2D eigenvalue weighted by Crippen LogP contribution is -2.20. The Hall–Kier alpha value is -2.77. The predicted octanol–water partition coefficient (Wildman–Crippen LogP) is 2.86. The van der Waals surface area contributed by atoms with Crippen LogP contribution >= 0.6 is 0 Å². The first-order valence-corrected chi connectivity index (χ1v) is 6.51. The van der Waals surface area contributed by atoms with Crippen molar-refractivity contribution in [1.29, 1.82) is 0 Å². The molecule has 0 unspecified atom stereocenters. The second-order valence-electron chi connectivity index (χ2n) is 4.38. The van der Waals surface area contributed by atoms with E-state index in [9.17, 15) is 22.8 Å². The molecule has 0 aliphatic heterocycles. The summed E-state index contributed by atoms with van der Waals surface area (Å²) in [6.45, 7) is 1.55. The number of benzene rings is 1. The van der Waals surface area contributed by atoms with E-state index in [1.54, 1.807) is 0 Å². The van der Waals surface area contributed by atoms with Crippen molar-refractivity contribution < 1.29 is 27.4 Å². The van der Waals surface area contributed by atoms with E-state index < -0.39 is 34.3 Å². The first-order chi connectivity index (χ1) is 11.0. The van der Waals surface area contributed by atoms with Gasteiger partial charge < -0.3 is 14.0 Å². The third-order valence-corrected chi connectivity index (χ3v) is 3.08. The lowest BCUT2D eigenvalue weighted by atomic mass is 10.1. The van der Waals surface area contributed by atoms with Gasteiger partial charge in [-0.15, -0.1) is 0 Å². The van der Waals surface area contributed by atoms with Crippen LogP contribution in [0.2, 0.25) is 0 Å². The third-order valence-electron chi connectivity index (χ3n) is 3.08. The molecule has 0 saturated carbocycles. The van der Waals surface area contributed by atoms with Gasteiger partial charge >= 0.3 is 5.97 Å². The minimum atomic E-state index is -1.33. The number of methoxy groups -OCH3 is 1. The summed E-state index contributed by atoms with van der Waals surface area (Å²) in [4.78, 5) is 24.2. The van der Waals surface area contributed by atoms with Crippen molar-refractivity contribution in [3.63, 3.8) is 0 Å². The van der Waals surface area contributed by atoms with Gasteiger partial charge in [0.25, 0.3) is 0 Å². The molecule has 0 saturated heterocycles. The first kappa shape index (κ1) is 16.6. The predicted molar refractivity (Wildman–Crippen MR) is 77.1 cm³/mol. The lowest BCUT2D eigenvalue weighted by Gasteiger charge is -2.13. The molecule has 8 heteroatoms. The van der Waals surface area contributed by atoms with Gasteiger partial charge in [0.05, 0.1) is 19.1 Å². The quantitative estimate of drug-likeness (QED) is 0.810. The van der Waals surface area contributed by atoms with Gasteiger partial charge in [0.15, 0.2) is 11.6 Å². The fourth-order valence-electron chi connectivity index (χ4n) is 2.15. The Labute approximate surface area is 128 Å². The van der Waals surface area contributed by atoms with E-state index in [2.05, 4.69) is 0 Å². The molecular formula is C15H12F3NO4. The summed E-state index contributed by atoms with van der Waals surface area (Å²) in [5.74, 6) is -4.19. The summed E-state index contributed by atoms with van der Waals surface area (Å²) >= 11 is 0. The van der Waals surface area contributed by atoms with Crippen LogP contribution in [-0.2, 0) is 4.74 Å². The SMILES string of the molecule is CCOC(=O)c1cn(/C=C/F)c2c(OC)c(F)c(F)cc2c1=O. The van der Waals surface area contributed by atoms with Crippen LogP contribution in [0.4, 0.5) is 13.2 Å². The Bertz CT molecular complexity index is 858. The standard InChI is InChI=1S/C15H12F3NO4/c1-3-23-15(21)9-7-19(5-4-16)12-8(13(9)20)6-10(17)11(18)14(12)22-2/h4-7H,3H2,1-2H3/b5-4+. The van der Waals surface area contributed by atoms with Gasteiger partial charge in [0.1, 0.15) is 17.4 Å². The molecule has 0 spiro atoms. The number of ether oxygens (including phenoxy) is 2. The second kappa shape index (κ2) is 6.55. The number of pyridine rings is 1. The zero-order valence-corrected chi connectivity index (χ0v) is 12.2. The van der Waals surface area contributed by atoms with Crippen molar-refractivity contribution in [3.05, 3.63) is 46.0 Å². The summed E-state index contributed by atoms with van der Waals surface area (Å²) < 4.78 is 50.6. The zero-order valence-electron chi connectivity index (χ0n) is 12.2. The third kappa shape index (κ3) is 2.79. The highest BCUT2D eigenvalue weighted by Gasteiger charge is 2.22. The Kier molecular flexibility index (Phi) is 4.73. The second-order valence-corrected chi connectivity index (χ2v) is 4.38. The van der Waals surface area contributed by atoms with Crippen LogP contribution in [0.1, 0.15) is 17.3 Å². The zero-order chi connectivity index (χ0) is 17.1. The van der Waals surface area contributed by atoms with E-state index in [4.69, 9.17) is 9.47 Å². The number of esters is 1. The fraction of sp³-hybridized carbons (Fsp3) is 0.200. The Morgan fingerprint density at radius 3 is 2.65 bits per heavy atom. The van der Waals surface area contributed by atoms with Crippen LogP contribution in [0.25, 0.3) is 17.1 Å².